The molecule has 0 bridgehead atoms. The minimum atomic E-state index is -4.36. The number of hydrogen-bond donors (Lipinski definition) is 2. The lowest BCUT2D eigenvalue weighted by Gasteiger charge is -2.32. The van der Waals surface area contributed by atoms with E-state index in [0.29, 0.717) is 31.5 Å². The standard InChI is InChI=1S/C18H24F3N3O2/c1-12(2)16(25)23-15-7-9-24(10-8-15)17(26)22-11-13-3-5-14(6-4-13)18(19,20)21/h3-6,12,15H,7-11H2,1-2H3,(H,22,26)(H,23,25). The van der Waals surface area contributed by atoms with E-state index in [-0.39, 0.29) is 30.4 Å². The topological polar surface area (TPSA) is 61.4 Å². The first kappa shape index (κ1) is 20.1. The summed E-state index contributed by atoms with van der Waals surface area (Å²) in [6.45, 7) is 4.89. The molecule has 0 saturated carbocycles. The van der Waals surface area contributed by atoms with Gasteiger partial charge in [-0.25, -0.2) is 4.79 Å². The van der Waals surface area contributed by atoms with Gasteiger partial charge in [0.25, 0.3) is 0 Å². The lowest BCUT2D eigenvalue weighted by Crippen LogP contribution is -2.49. The molecule has 5 nitrogen and oxygen atoms in total. The van der Waals surface area contributed by atoms with Crippen LogP contribution in [0.15, 0.2) is 24.3 Å². The maximum Gasteiger partial charge on any atom is 0.416 e. The molecular weight excluding hydrogens is 347 g/mol. The van der Waals surface area contributed by atoms with Crippen LogP contribution in [0.2, 0.25) is 0 Å². The molecule has 2 rings (SSSR count). The van der Waals surface area contributed by atoms with Gasteiger partial charge in [-0.1, -0.05) is 26.0 Å². The predicted molar refractivity (Wildman–Crippen MR) is 91.3 cm³/mol. The number of piperidine rings is 1. The van der Waals surface area contributed by atoms with Gasteiger partial charge in [-0.2, -0.15) is 13.2 Å². The van der Waals surface area contributed by atoms with Crippen molar-refractivity contribution in [1.82, 2.24) is 15.5 Å². The highest BCUT2D eigenvalue weighted by Gasteiger charge is 2.30. The Labute approximate surface area is 150 Å². The molecule has 0 aliphatic carbocycles. The van der Waals surface area contributed by atoms with Crippen molar-refractivity contribution in [3.8, 4) is 0 Å². The van der Waals surface area contributed by atoms with Crippen LogP contribution in [0, 0.1) is 5.92 Å². The zero-order valence-corrected chi connectivity index (χ0v) is 14.9. The summed E-state index contributed by atoms with van der Waals surface area (Å²) in [7, 11) is 0. The summed E-state index contributed by atoms with van der Waals surface area (Å²) in [6, 6.07) is 4.55. The molecule has 144 valence electrons. The summed E-state index contributed by atoms with van der Waals surface area (Å²) in [5.74, 6) is -0.0599. The Morgan fingerprint density at radius 1 is 1.15 bits per heavy atom. The van der Waals surface area contributed by atoms with Crippen molar-refractivity contribution in [2.45, 2.75) is 45.5 Å². The highest BCUT2D eigenvalue weighted by Crippen LogP contribution is 2.29. The van der Waals surface area contributed by atoms with Crippen LogP contribution in [0.3, 0.4) is 0 Å². The number of carbonyl (C=O) groups excluding carboxylic acids is 2. The molecule has 2 N–H and O–H groups in total. The lowest BCUT2D eigenvalue weighted by atomic mass is 10.0. The number of hydrogen-bond acceptors (Lipinski definition) is 2. The third-order valence-corrected chi connectivity index (χ3v) is 4.38. The van der Waals surface area contributed by atoms with E-state index in [2.05, 4.69) is 10.6 Å². The second kappa shape index (κ2) is 8.42. The third-order valence-electron chi connectivity index (χ3n) is 4.38. The molecule has 8 heteroatoms. The zero-order valence-electron chi connectivity index (χ0n) is 14.9. The number of amides is 3. The van der Waals surface area contributed by atoms with Crippen LogP contribution in [-0.4, -0.2) is 36.0 Å². The molecule has 1 saturated heterocycles. The summed E-state index contributed by atoms with van der Waals surface area (Å²) in [4.78, 5) is 25.5. The molecule has 0 radical (unpaired) electrons. The van der Waals surface area contributed by atoms with Crippen LogP contribution < -0.4 is 10.6 Å². The van der Waals surface area contributed by atoms with Gasteiger partial charge in [0.15, 0.2) is 0 Å². The fraction of sp³-hybridized carbons (Fsp3) is 0.556. The van der Waals surface area contributed by atoms with Gasteiger partial charge >= 0.3 is 12.2 Å². The van der Waals surface area contributed by atoms with Crippen LogP contribution in [-0.2, 0) is 17.5 Å². The highest BCUT2D eigenvalue weighted by atomic mass is 19.4. The number of likely N-dealkylation sites (tertiary alicyclic amines) is 1. The molecule has 1 aliphatic rings. The monoisotopic (exact) mass is 371 g/mol. The highest BCUT2D eigenvalue weighted by molar-refractivity contribution is 5.78. The largest absolute Gasteiger partial charge is 0.416 e. The van der Waals surface area contributed by atoms with Gasteiger partial charge in [-0.3, -0.25) is 4.79 Å². The Hall–Kier alpha value is -2.25. The van der Waals surface area contributed by atoms with Crippen molar-refractivity contribution in [3.63, 3.8) is 0 Å². The second-order valence-corrected chi connectivity index (χ2v) is 6.78. The van der Waals surface area contributed by atoms with Crippen LogP contribution in [0.4, 0.5) is 18.0 Å². The molecule has 0 aromatic heterocycles. The number of urea groups is 1. The van der Waals surface area contributed by atoms with Crippen molar-refractivity contribution < 1.29 is 22.8 Å². The van der Waals surface area contributed by atoms with E-state index in [9.17, 15) is 22.8 Å². The average molecular weight is 371 g/mol. The SMILES string of the molecule is CC(C)C(=O)NC1CCN(C(=O)NCc2ccc(C(F)(F)F)cc2)CC1. The van der Waals surface area contributed by atoms with Crippen LogP contribution in [0.25, 0.3) is 0 Å². The molecule has 1 aromatic rings. The van der Waals surface area contributed by atoms with Gasteiger partial charge < -0.3 is 15.5 Å². The molecule has 26 heavy (non-hydrogen) atoms. The first-order valence-electron chi connectivity index (χ1n) is 8.66. The van der Waals surface area contributed by atoms with Crippen LogP contribution in [0.1, 0.15) is 37.8 Å². The Bertz CT molecular complexity index is 622. The molecule has 1 fully saturated rings. The van der Waals surface area contributed by atoms with E-state index in [1.807, 2.05) is 13.8 Å². The van der Waals surface area contributed by atoms with Crippen molar-refractivity contribution in [2.75, 3.05) is 13.1 Å². The first-order chi connectivity index (χ1) is 12.2. The zero-order chi connectivity index (χ0) is 19.3. The normalized spacial score (nSPS) is 15.8. The quantitative estimate of drug-likeness (QED) is 0.854. The van der Waals surface area contributed by atoms with E-state index >= 15 is 0 Å². The third kappa shape index (κ3) is 5.64. The second-order valence-electron chi connectivity index (χ2n) is 6.78. The van der Waals surface area contributed by atoms with Crippen LogP contribution in [0.5, 0.6) is 0 Å². The van der Waals surface area contributed by atoms with E-state index in [1.54, 1.807) is 4.90 Å². The Morgan fingerprint density at radius 2 is 1.73 bits per heavy atom. The number of nitrogens with one attached hydrogen (secondary N) is 2. The van der Waals surface area contributed by atoms with Crippen molar-refractivity contribution in [2.24, 2.45) is 5.92 Å². The number of rotatable bonds is 4. The van der Waals surface area contributed by atoms with Gasteiger partial charge in [0.1, 0.15) is 0 Å². The summed E-state index contributed by atoms with van der Waals surface area (Å²) in [5, 5.41) is 5.68. The van der Waals surface area contributed by atoms with Gasteiger partial charge in [-0.15, -0.1) is 0 Å². The summed E-state index contributed by atoms with van der Waals surface area (Å²) in [6.07, 6.45) is -2.99. The minimum Gasteiger partial charge on any atom is -0.353 e. The van der Waals surface area contributed by atoms with E-state index < -0.39 is 11.7 Å². The van der Waals surface area contributed by atoms with Gasteiger partial charge in [0.2, 0.25) is 5.91 Å². The summed E-state index contributed by atoms with van der Waals surface area (Å²) in [5.41, 5.74) is -0.108. The number of benzene rings is 1. The summed E-state index contributed by atoms with van der Waals surface area (Å²) < 4.78 is 37.6. The maximum absolute atomic E-state index is 12.5. The molecule has 1 heterocycles. The summed E-state index contributed by atoms with van der Waals surface area (Å²) >= 11 is 0. The van der Waals surface area contributed by atoms with Gasteiger partial charge in [0.05, 0.1) is 5.56 Å². The predicted octanol–water partition coefficient (Wildman–Crippen LogP) is 3.15. The number of carbonyl (C=O) groups is 2. The molecule has 0 spiro atoms. The van der Waals surface area contributed by atoms with E-state index in [4.69, 9.17) is 0 Å². The number of nitrogens with zero attached hydrogens (tertiary/aromatic N) is 1. The van der Waals surface area contributed by atoms with Gasteiger partial charge in [-0.05, 0) is 30.5 Å². The van der Waals surface area contributed by atoms with Crippen molar-refractivity contribution in [3.05, 3.63) is 35.4 Å². The smallest absolute Gasteiger partial charge is 0.353 e. The van der Waals surface area contributed by atoms with Gasteiger partial charge in [0, 0.05) is 31.6 Å². The first-order valence-corrected chi connectivity index (χ1v) is 8.66. The molecular formula is C18H24F3N3O2. The molecule has 0 unspecified atom stereocenters. The fourth-order valence-electron chi connectivity index (χ4n) is 2.70. The Morgan fingerprint density at radius 3 is 2.23 bits per heavy atom. The fourth-order valence-corrected chi connectivity index (χ4v) is 2.70. The Kier molecular flexibility index (Phi) is 6.50. The average Bonchev–Trinajstić information content (AvgIpc) is 2.59. The van der Waals surface area contributed by atoms with Crippen molar-refractivity contribution >= 4 is 11.9 Å². The molecule has 1 aromatic carbocycles. The molecule has 0 atom stereocenters. The lowest BCUT2D eigenvalue weighted by molar-refractivity contribution is -0.137. The molecule has 1 aliphatic heterocycles. The van der Waals surface area contributed by atoms with E-state index in [1.165, 1.54) is 12.1 Å². The molecule has 3 amide bonds. The number of alkyl halides is 3. The maximum atomic E-state index is 12.5. The Balaban J connectivity index is 1.76. The van der Waals surface area contributed by atoms with Crippen molar-refractivity contribution in [1.29, 1.82) is 0 Å². The van der Waals surface area contributed by atoms with E-state index in [0.717, 1.165) is 12.1 Å². The minimum absolute atomic E-state index is 0.00945. The van der Waals surface area contributed by atoms with Crippen LogP contribution >= 0.6 is 0 Å². The number of halogens is 3.